The first-order valence-corrected chi connectivity index (χ1v) is 27.2. The molecule has 1 amide bonds. The Morgan fingerprint density at radius 3 is 1.31 bits per heavy atom. The Balaban J connectivity index is 2.13. The van der Waals surface area contributed by atoms with Crippen molar-refractivity contribution in [1.82, 2.24) is 5.32 Å². The molecule has 1 saturated heterocycles. The van der Waals surface area contributed by atoms with E-state index in [4.69, 9.17) is 9.47 Å². The van der Waals surface area contributed by atoms with Gasteiger partial charge in [-0.2, -0.15) is 0 Å². The van der Waals surface area contributed by atoms with Crippen molar-refractivity contribution in [3.63, 3.8) is 0 Å². The Hall–Kier alpha value is -1.59. The summed E-state index contributed by atoms with van der Waals surface area (Å²) in [5.74, 6) is -0.195. The molecule has 7 atom stereocenters. The fourth-order valence-corrected chi connectivity index (χ4v) is 8.60. The smallest absolute Gasteiger partial charge is 0.220 e. The van der Waals surface area contributed by atoms with Gasteiger partial charge in [-0.25, -0.2) is 0 Å². The number of hydrogen-bond acceptors (Lipinski definition) is 8. The lowest BCUT2D eigenvalue weighted by atomic mass is 9.99. The van der Waals surface area contributed by atoms with Crippen LogP contribution in [0.25, 0.3) is 0 Å². The Morgan fingerprint density at radius 1 is 0.516 bits per heavy atom. The summed E-state index contributed by atoms with van der Waals surface area (Å²) >= 11 is 0. The molecule has 0 spiro atoms. The van der Waals surface area contributed by atoms with E-state index >= 15 is 0 Å². The highest BCUT2D eigenvalue weighted by Gasteiger charge is 2.44. The number of amides is 1. The molecular formula is C55H103NO8. The molecule has 0 aromatic rings. The Labute approximate surface area is 393 Å². The highest BCUT2D eigenvalue weighted by molar-refractivity contribution is 5.76. The van der Waals surface area contributed by atoms with Crippen molar-refractivity contribution in [3.8, 4) is 0 Å². The molecule has 0 saturated carbocycles. The van der Waals surface area contributed by atoms with Crippen molar-refractivity contribution in [1.29, 1.82) is 0 Å². The minimum Gasteiger partial charge on any atom is -0.394 e. The Morgan fingerprint density at radius 2 is 0.891 bits per heavy atom. The van der Waals surface area contributed by atoms with Crippen LogP contribution in [0.1, 0.15) is 251 Å². The highest BCUT2D eigenvalue weighted by atomic mass is 16.7. The van der Waals surface area contributed by atoms with E-state index in [0.717, 1.165) is 44.9 Å². The highest BCUT2D eigenvalue weighted by Crippen LogP contribution is 2.23. The van der Waals surface area contributed by atoms with Gasteiger partial charge in [0.15, 0.2) is 6.29 Å². The molecule has 1 heterocycles. The van der Waals surface area contributed by atoms with E-state index in [1.54, 1.807) is 6.08 Å². The SMILES string of the molecule is CCCCCCCCCCCCCCCCCCCCCCCCC/C=C/CC/C=C/CC/C=C/C(O)C(COC1OC(CO)C(O)C(O)C1O)NC(=O)CCCCCCCCCC. The largest absolute Gasteiger partial charge is 0.394 e. The molecule has 1 aliphatic rings. The van der Waals surface area contributed by atoms with E-state index in [1.165, 1.54) is 186 Å². The van der Waals surface area contributed by atoms with Gasteiger partial charge in [0, 0.05) is 6.42 Å². The van der Waals surface area contributed by atoms with Gasteiger partial charge in [0.2, 0.25) is 5.91 Å². The Bertz CT molecular complexity index is 1100. The number of aliphatic hydroxyl groups is 5. The van der Waals surface area contributed by atoms with Crippen molar-refractivity contribution in [2.45, 2.75) is 294 Å². The number of rotatable bonds is 46. The van der Waals surface area contributed by atoms with Gasteiger partial charge in [-0.3, -0.25) is 4.79 Å². The van der Waals surface area contributed by atoms with Gasteiger partial charge in [0.1, 0.15) is 24.4 Å². The van der Waals surface area contributed by atoms with Crippen LogP contribution in [0.3, 0.4) is 0 Å². The van der Waals surface area contributed by atoms with Crippen molar-refractivity contribution >= 4 is 5.91 Å². The summed E-state index contributed by atoms with van der Waals surface area (Å²) in [4.78, 5) is 12.9. The normalized spacial score (nSPS) is 20.3. The fourth-order valence-electron chi connectivity index (χ4n) is 8.60. The summed E-state index contributed by atoms with van der Waals surface area (Å²) in [5, 5.41) is 54.1. The van der Waals surface area contributed by atoms with Gasteiger partial charge in [0.05, 0.1) is 25.4 Å². The van der Waals surface area contributed by atoms with Crippen LogP contribution in [-0.2, 0) is 14.3 Å². The van der Waals surface area contributed by atoms with Crippen LogP contribution < -0.4 is 5.32 Å². The minimum absolute atomic E-state index is 0.195. The number of hydrogen-bond donors (Lipinski definition) is 6. The van der Waals surface area contributed by atoms with Crippen molar-refractivity contribution in [2.24, 2.45) is 0 Å². The minimum atomic E-state index is -1.57. The molecule has 9 heteroatoms. The van der Waals surface area contributed by atoms with Gasteiger partial charge in [0.25, 0.3) is 0 Å². The number of aliphatic hydroxyl groups excluding tert-OH is 5. The molecule has 6 N–H and O–H groups in total. The first-order chi connectivity index (χ1) is 31.3. The summed E-state index contributed by atoms with van der Waals surface area (Å²) in [6.07, 6.45) is 51.2. The van der Waals surface area contributed by atoms with Crippen LogP contribution in [-0.4, -0.2) is 87.5 Å². The molecule has 0 radical (unpaired) electrons. The molecule has 0 bridgehead atoms. The van der Waals surface area contributed by atoms with Crippen LogP contribution >= 0.6 is 0 Å². The average molecular weight is 906 g/mol. The standard InChI is InChI=1S/C55H103NO8/c1-3-5-7-9-11-13-14-15-16-17-18-19-20-21-22-23-24-25-26-27-28-29-30-31-32-33-34-35-36-37-38-40-42-44-49(58)48(56-51(59)45-43-41-39-12-10-8-6-4-2)47-63-55-54(62)53(61)52(60)50(46-57)64-55/h32-33,36-37,42,44,48-50,52-55,57-58,60-62H,3-31,34-35,38-41,43,45-47H2,1-2H3,(H,56,59)/b33-32+,37-36+,44-42+. The number of carbonyl (C=O) groups excluding carboxylic acids is 1. The summed E-state index contributed by atoms with van der Waals surface area (Å²) in [6, 6.07) is -0.823. The van der Waals surface area contributed by atoms with E-state index in [9.17, 15) is 30.3 Å². The fraction of sp³-hybridized carbons (Fsp3) is 0.873. The first-order valence-electron chi connectivity index (χ1n) is 27.2. The van der Waals surface area contributed by atoms with E-state index in [0.29, 0.717) is 6.42 Å². The lowest BCUT2D eigenvalue weighted by Gasteiger charge is -2.40. The average Bonchev–Trinajstić information content (AvgIpc) is 3.29. The van der Waals surface area contributed by atoms with Crippen LogP contribution in [0.15, 0.2) is 36.5 Å². The number of allylic oxidation sites excluding steroid dienone is 5. The van der Waals surface area contributed by atoms with E-state index in [1.807, 2.05) is 6.08 Å². The summed E-state index contributed by atoms with van der Waals surface area (Å²) in [5.41, 5.74) is 0. The maximum absolute atomic E-state index is 12.9. The molecule has 1 rings (SSSR count). The summed E-state index contributed by atoms with van der Waals surface area (Å²) in [6.45, 7) is 3.72. The number of carbonyl (C=O) groups is 1. The van der Waals surface area contributed by atoms with Gasteiger partial charge >= 0.3 is 0 Å². The number of nitrogens with one attached hydrogen (secondary N) is 1. The molecule has 9 nitrogen and oxygen atoms in total. The summed E-state index contributed by atoms with van der Waals surface area (Å²) < 4.78 is 11.2. The zero-order valence-corrected chi connectivity index (χ0v) is 41.5. The van der Waals surface area contributed by atoms with Crippen molar-refractivity contribution in [3.05, 3.63) is 36.5 Å². The lowest BCUT2D eigenvalue weighted by molar-refractivity contribution is -0.302. The molecule has 7 unspecified atom stereocenters. The first kappa shape index (κ1) is 60.4. The maximum Gasteiger partial charge on any atom is 0.220 e. The van der Waals surface area contributed by atoms with Crippen molar-refractivity contribution in [2.75, 3.05) is 13.2 Å². The predicted octanol–water partition coefficient (Wildman–Crippen LogP) is 12.8. The monoisotopic (exact) mass is 906 g/mol. The van der Waals surface area contributed by atoms with Crippen LogP contribution in [0.5, 0.6) is 0 Å². The maximum atomic E-state index is 12.9. The zero-order chi connectivity index (χ0) is 46.6. The molecule has 0 aliphatic carbocycles. The van der Waals surface area contributed by atoms with Gasteiger partial charge < -0.3 is 40.3 Å². The molecule has 1 fully saturated rings. The zero-order valence-electron chi connectivity index (χ0n) is 41.5. The van der Waals surface area contributed by atoms with Crippen LogP contribution in [0, 0.1) is 0 Å². The summed E-state index contributed by atoms with van der Waals surface area (Å²) in [7, 11) is 0. The van der Waals surface area contributed by atoms with E-state index in [-0.39, 0.29) is 12.5 Å². The molecule has 0 aromatic carbocycles. The van der Waals surface area contributed by atoms with Gasteiger partial charge in [-0.1, -0.05) is 237 Å². The number of unbranched alkanes of at least 4 members (excludes halogenated alkanes) is 32. The molecular weight excluding hydrogens is 803 g/mol. The third kappa shape index (κ3) is 34.7. The second kappa shape index (κ2) is 45.2. The molecule has 0 aromatic heterocycles. The van der Waals surface area contributed by atoms with Gasteiger partial charge in [-0.05, 0) is 44.9 Å². The van der Waals surface area contributed by atoms with E-state index in [2.05, 4.69) is 43.5 Å². The molecule has 1 aliphatic heterocycles. The third-order valence-electron chi connectivity index (χ3n) is 12.9. The van der Waals surface area contributed by atoms with Crippen molar-refractivity contribution < 1.29 is 39.8 Å². The number of ether oxygens (including phenoxy) is 2. The lowest BCUT2D eigenvalue weighted by Crippen LogP contribution is -2.60. The second-order valence-corrected chi connectivity index (χ2v) is 19.0. The van der Waals surface area contributed by atoms with Crippen LogP contribution in [0.4, 0.5) is 0 Å². The Kier molecular flexibility index (Phi) is 42.7. The molecule has 64 heavy (non-hydrogen) atoms. The topological polar surface area (TPSA) is 149 Å². The second-order valence-electron chi connectivity index (χ2n) is 19.0. The quantitative estimate of drug-likeness (QED) is 0.0261. The van der Waals surface area contributed by atoms with E-state index < -0.39 is 49.5 Å². The molecule has 376 valence electrons. The van der Waals surface area contributed by atoms with Crippen LogP contribution in [0.2, 0.25) is 0 Å². The predicted molar refractivity (Wildman–Crippen MR) is 267 cm³/mol. The third-order valence-corrected chi connectivity index (χ3v) is 12.9. The van der Waals surface area contributed by atoms with Gasteiger partial charge in [-0.15, -0.1) is 0 Å².